The summed E-state index contributed by atoms with van der Waals surface area (Å²) in [5.41, 5.74) is 0. The van der Waals surface area contributed by atoms with Crippen LogP contribution in [0.15, 0.2) is 158 Å². The van der Waals surface area contributed by atoms with Crippen LogP contribution in [0.2, 0.25) is 0 Å². The van der Waals surface area contributed by atoms with Crippen LogP contribution in [-0.4, -0.2) is 96.7 Å². The molecule has 17 nitrogen and oxygen atoms in total. The third kappa shape index (κ3) is 78.8. The van der Waals surface area contributed by atoms with Gasteiger partial charge in [0.25, 0.3) is 0 Å². The van der Waals surface area contributed by atoms with Crippen molar-refractivity contribution in [3.63, 3.8) is 0 Å². The molecule has 5 atom stereocenters. The number of carbonyl (C=O) groups excluding carboxylic acids is 4. The van der Waals surface area contributed by atoms with Crippen LogP contribution < -0.4 is 0 Å². The Morgan fingerprint density at radius 2 is 0.519 bits per heavy atom. The highest BCUT2D eigenvalue weighted by Crippen LogP contribution is 2.45. The number of carbonyl (C=O) groups is 4. The number of unbranched alkanes of at least 4 members (excludes halogenated alkanes) is 26. The van der Waals surface area contributed by atoms with Gasteiger partial charge in [0.15, 0.2) is 12.2 Å². The van der Waals surface area contributed by atoms with Crippen molar-refractivity contribution < 1.29 is 80.2 Å². The first-order valence-corrected chi connectivity index (χ1v) is 44.7. The molecule has 0 aromatic heterocycles. The van der Waals surface area contributed by atoms with Gasteiger partial charge >= 0.3 is 39.5 Å². The average Bonchev–Trinajstić information content (AvgIpc) is 0.907. The highest BCUT2D eigenvalue weighted by atomic mass is 31.2. The second-order valence-electron chi connectivity index (χ2n) is 27.3. The van der Waals surface area contributed by atoms with Crippen molar-refractivity contribution in [2.45, 2.75) is 341 Å². The third-order valence-electron chi connectivity index (χ3n) is 17.0. The summed E-state index contributed by atoms with van der Waals surface area (Å²) in [6.45, 7) is 4.48. The van der Waals surface area contributed by atoms with Gasteiger partial charge in [-0.2, -0.15) is 0 Å². The summed E-state index contributed by atoms with van der Waals surface area (Å²) >= 11 is 0. The number of ether oxygens (including phenoxy) is 4. The average molecular weight is 1550 g/mol. The van der Waals surface area contributed by atoms with E-state index in [9.17, 15) is 43.2 Å². The van der Waals surface area contributed by atoms with Gasteiger partial charge in [-0.05, 0) is 154 Å². The molecule has 0 aliphatic carbocycles. The summed E-state index contributed by atoms with van der Waals surface area (Å²) in [4.78, 5) is 73.1. The summed E-state index contributed by atoms with van der Waals surface area (Å²) < 4.78 is 68.6. The van der Waals surface area contributed by atoms with Crippen LogP contribution in [0.3, 0.4) is 0 Å². The van der Waals surface area contributed by atoms with Crippen molar-refractivity contribution in [2.75, 3.05) is 39.6 Å². The standard InChI is InChI=1S/C89H148O17P2/c1-5-9-13-17-21-25-29-33-37-39-41-43-47-49-53-57-61-65-69-73-86(91)99-79-84(105-88(93)75-71-67-63-59-55-51-45-35-31-27-23-19-15-11-7-3)81-103-107(95,96)101-77-83(90)78-102-108(97,98)104-82-85(106-89(94)76-72-68-64-60-56-52-46-36-32-28-24-20-16-12-8-4)80-100-87(92)74-70-66-62-58-54-50-48-44-42-40-38-34-30-26-22-18-14-10-6-2/h9,12-13,16,21-22,24-26,28,33-38,41-46,56,60,68,72,83-85,90H,5-8,10-11,14-15,17-20,23,27,29-32,39-40,47-55,57-59,61-67,69-71,73-82H2,1-4H3,(H,95,96)(H,97,98)/b13-9-,16-12-,25-21-,26-22-,28-24-,37-33-,38-34-,43-41-,44-42-,45-35-,46-36-,60-56-,72-68-. The molecule has 0 fully saturated rings. The lowest BCUT2D eigenvalue weighted by Crippen LogP contribution is -2.30. The van der Waals surface area contributed by atoms with Crippen LogP contribution in [0.4, 0.5) is 0 Å². The molecule has 0 radical (unpaired) electrons. The second kappa shape index (κ2) is 79.8. The summed E-state index contributed by atoms with van der Waals surface area (Å²) in [6.07, 6.45) is 93.8. The first-order chi connectivity index (χ1) is 52.7. The Morgan fingerprint density at radius 3 is 0.852 bits per heavy atom. The van der Waals surface area contributed by atoms with Gasteiger partial charge < -0.3 is 33.8 Å². The Kier molecular flexibility index (Phi) is 75.8. The smallest absolute Gasteiger partial charge is 0.462 e. The van der Waals surface area contributed by atoms with E-state index in [1.165, 1.54) is 57.8 Å². The first kappa shape index (κ1) is 103. The van der Waals surface area contributed by atoms with Gasteiger partial charge in [-0.3, -0.25) is 37.3 Å². The van der Waals surface area contributed by atoms with Crippen molar-refractivity contribution in [1.29, 1.82) is 0 Å². The minimum absolute atomic E-state index is 0.0750. The van der Waals surface area contributed by atoms with E-state index in [4.69, 9.17) is 37.0 Å². The van der Waals surface area contributed by atoms with Gasteiger partial charge in [0.05, 0.1) is 32.8 Å². The number of rotatable bonds is 77. The Labute approximate surface area is 655 Å². The van der Waals surface area contributed by atoms with E-state index in [-0.39, 0.29) is 25.7 Å². The number of aliphatic hydroxyl groups excluding tert-OH is 1. The van der Waals surface area contributed by atoms with Gasteiger partial charge in [-0.1, -0.05) is 301 Å². The fourth-order valence-electron chi connectivity index (χ4n) is 10.7. The molecular weight excluding hydrogens is 1400 g/mol. The van der Waals surface area contributed by atoms with Crippen LogP contribution in [0.1, 0.15) is 323 Å². The summed E-state index contributed by atoms with van der Waals surface area (Å²) in [5.74, 6) is -2.36. The lowest BCUT2D eigenvalue weighted by atomic mass is 10.1. The molecule has 19 heteroatoms. The van der Waals surface area contributed by atoms with Gasteiger partial charge in [0.2, 0.25) is 0 Å². The molecule has 0 aliphatic rings. The maximum Gasteiger partial charge on any atom is 0.472 e. The predicted octanol–water partition coefficient (Wildman–Crippen LogP) is 24.8. The fourth-order valence-corrected chi connectivity index (χ4v) is 12.3. The van der Waals surface area contributed by atoms with Crippen molar-refractivity contribution in [1.82, 2.24) is 0 Å². The highest BCUT2D eigenvalue weighted by molar-refractivity contribution is 7.47. The normalized spacial score (nSPS) is 14.6. The minimum Gasteiger partial charge on any atom is -0.462 e. The molecule has 0 heterocycles. The largest absolute Gasteiger partial charge is 0.472 e. The Morgan fingerprint density at radius 1 is 0.278 bits per heavy atom. The first-order valence-electron chi connectivity index (χ1n) is 41.7. The molecule has 0 aliphatic heterocycles. The van der Waals surface area contributed by atoms with Crippen LogP contribution >= 0.6 is 15.6 Å². The van der Waals surface area contributed by atoms with Gasteiger partial charge in [-0.25, -0.2) is 9.13 Å². The summed E-state index contributed by atoms with van der Waals surface area (Å²) in [5, 5.41) is 10.7. The number of phosphoric ester groups is 2. The van der Waals surface area contributed by atoms with Crippen LogP contribution in [0.5, 0.6) is 0 Å². The van der Waals surface area contributed by atoms with E-state index in [2.05, 4.69) is 161 Å². The molecule has 616 valence electrons. The van der Waals surface area contributed by atoms with Gasteiger partial charge in [0.1, 0.15) is 19.3 Å². The zero-order chi connectivity index (χ0) is 78.9. The topological polar surface area (TPSA) is 237 Å². The molecule has 0 saturated carbocycles. The fraction of sp³-hybridized carbons (Fsp3) is 0.663. The molecule has 0 bridgehead atoms. The third-order valence-corrected chi connectivity index (χ3v) is 18.9. The SMILES string of the molecule is CC/C=C\C/C=C\C/C=C\C/C=C\C/C=C\CC(=O)OC(COC(=O)CCCCCCCC/C=C\C/C=C\C/C=C\CCCCC)COP(=O)(O)OCC(O)COP(=O)(O)OCC(COC(=O)CCCCCCCC/C=C\C/C=C\C/C=C\C/C=C\CC)OC(=O)CCCCCCC/C=C\CCCCCCCC. The quantitative estimate of drug-likeness (QED) is 0.0169. The molecule has 5 unspecified atom stereocenters. The predicted molar refractivity (Wildman–Crippen MR) is 445 cm³/mol. The van der Waals surface area contributed by atoms with E-state index in [0.717, 1.165) is 186 Å². The monoisotopic (exact) mass is 1550 g/mol. The van der Waals surface area contributed by atoms with Crippen molar-refractivity contribution in [3.8, 4) is 0 Å². The number of esters is 4. The zero-order valence-electron chi connectivity index (χ0n) is 67.5. The highest BCUT2D eigenvalue weighted by Gasteiger charge is 2.30. The number of hydrogen-bond donors (Lipinski definition) is 3. The Balaban J connectivity index is 5.45. The molecular formula is C89H148O17P2. The maximum absolute atomic E-state index is 13.1. The maximum atomic E-state index is 13.1. The van der Waals surface area contributed by atoms with E-state index in [0.29, 0.717) is 25.7 Å². The minimum atomic E-state index is -5.01. The number of allylic oxidation sites excluding steroid dienone is 25. The molecule has 108 heavy (non-hydrogen) atoms. The Bertz CT molecular complexity index is 2660. The molecule has 0 aromatic rings. The molecule has 0 saturated heterocycles. The second-order valence-corrected chi connectivity index (χ2v) is 30.2. The van der Waals surface area contributed by atoms with Crippen LogP contribution in [0.25, 0.3) is 0 Å². The van der Waals surface area contributed by atoms with Crippen LogP contribution in [0, 0.1) is 0 Å². The number of aliphatic hydroxyl groups is 1. The van der Waals surface area contributed by atoms with Crippen LogP contribution in [-0.2, 0) is 65.4 Å². The van der Waals surface area contributed by atoms with Crippen molar-refractivity contribution in [3.05, 3.63) is 158 Å². The van der Waals surface area contributed by atoms with Gasteiger partial charge in [0, 0.05) is 19.3 Å². The molecule has 0 rings (SSSR count). The molecule has 0 spiro atoms. The lowest BCUT2D eigenvalue weighted by molar-refractivity contribution is -0.161. The zero-order valence-corrected chi connectivity index (χ0v) is 69.3. The number of phosphoric acid groups is 2. The molecule has 0 aromatic carbocycles. The van der Waals surface area contributed by atoms with E-state index < -0.39 is 97.5 Å². The van der Waals surface area contributed by atoms with Crippen molar-refractivity contribution >= 4 is 39.5 Å². The van der Waals surface area contributed by atoms with Crippen molar-refractivity contribution in [2.24, 2.45) is 0 Å². The van der Waals surface area contributed by atoms with E-state index in [1.807, 2.05) is 12.2 Å². The number of hydrogen-bond acceptors (Lipinski definition) is 15. The molecule has 0 amide bonds. The lowest BCUT2D eigenvalue weighted by Gasteiger charge is -2.21. The summed E-state index contributed by atoms with van der Waals surface area (Å²) in [7, 11) is -10.0. The molecule has 3 N–H and O–H groups in total. The van der Waals surface area contributed by atoms with Gasteiger partial charge in [-0.15, -0.1) is 0 Å². The Hall–Kier alpha value is -5.32. The van der Waals surface area contributed by atoms with E-state index >= 15 is 0 Å². The summed E-state index contributed by atoms with van der Waals surface area (Å²) in [6, 6.07) is 0. The van der Waals surface area contributed by atoms with E-state index in [1.54, 1.807) is 12.2 Å².